The summed E-state index contributed by atoms with van der Waals surface area (Å²) in [4.78, 5) is 70.3. The summed E-state index contributed by atoms with van der Waals surface area (Å²) in [5.41, 5.74) is 0.511. The second kappa shape index (κ2) is 15.1. The van der Waals surface area contributed by atoms with Crippen LogP contribution >= 0.6 is 0 Å². The molecule has 0 aromatic heterocycles. The van der Waals surface area contributed by atoms with Gasteiger partial charge in [-0.1, -0.05) is 49.3 Å². The fourth-order valence-electron chi connectivity index (χ4n) is 7.04. The smallest absolute Gasteiger partial charge is 0.410 e. The highest BCUT2D eigenvalue weighted by Crippen LogP contribution is 2.46. The lowest BCUT2D eigenvalue weighted by molar-refractivity contribution is -0.141. The number of amides is 5. The Hall–Kier alpha value is -4.28. The first-order chi connectivity index (χ1) is 24.4. The van der Waals surface area contributed by atoms with Gasteiger partial charge in [0.05, 0.1) is 11.8 Å². The molecular weight excluding hydrogens is 692 g/mol. The molecule has 0 bridgehead atoms. The zero-order valence-corrected chi connectivity index (χ0v) is 28.9. The molecule has 0 unspecified atom stereocenters. The lowest BCUT2D eigenvalue weighted by Crippen LogP contribution is -2.58. The maximum Gasteiger partial charge on any atom is 0.410 e. The van der Waals surface area contributed by atoms with Crippen LogP contribution < -0.4 is 15.4 Å². The number of rotatable bonds is 7. The van der Waals surface area contributed by atoms with Gasteiger partial charge in [0.2, 0.25) is 21.8 Å². The number of carbonyl (C=O) groups excluding carboxylic acids is 5. The predicted molar refractivity (Wildman–Crippen MR) is 177 cm³/mol. The second-order valence-electron chi connectivity index (χ2n) is 13.9. The number of allylic oxidation sites excluding steroid dienone is 1. The van der Waals surface area contributed by atoms with E-state index >= 15 is 0 Å². The van der Waals surface area contributed by atoms with Crippen molar-refractivity contribution >= 4 is 39.9 Å². The molecule has 2 aliphatic carbocycles. The maximum atomic E-state index is 14.1. The molecule has 5 amide bonds. The van der Waals surface area contributed by atoms with Crippen molar-refractivity contribution in [3.63, 3.8) is 0 Å². The first-order valence-corrected chi connectivity index (χ1v) is 19.0. The number of ether oxygens (including phenoxy) is 2. The number of fused-ring (bicyclic) bond motifs is 3. The van der Waals surface area contributed by atoms with Crippen molar-refractivity contribution in [2.75, 3.05) is 19.7 Å². The van der Waals surface area contributed by atoms with E-state index in [2.05, 4.69) is 20.1 Å². The molecule has 1 saturated heterocycles. The Labute approximate surface area is 294 Å². The summed E-state index contributed by atoms with van der Waals surface area (Å²) < 4.78 is 63.5. The van der Waals surface area contributed by atoms with Crippen LogP contribution in [0, 0.1) is 5.92 Å². The topological polar surface area (TPSA) is 181 Å². The minimum atomic E-state index is -3.94. The molecular formula is C34H43F2N5O9S. The summed E-state index contributed by atoms with van der Waals surface area (Å²) in [6.07, 6.45) is 1.90. The first-order valence-electron chi connectivity index (χ1n) is 17.5. The lowest BCUT2D eigenvalue weighted by Gasteiger charge is -2.30. The van der Waals surface area contributed by atoms with E-state index in [4.69, 9.17) is 4.74 Å². The van der Waals surface area contributed by atoms with Gasteiger partial charge in [0, 0.05) is 25.4 Å². The molecule has 14 nitrogen and oxygen atoms in total. The van der Waals surface area contributed by atoms with Crippen LogP contribution in [-0.4, -0.2) is 103 Å². The molecule has 0 radical (unpaired) electrons. The monoisotopic (exact) mass is 735 g/mol. The van der Waals surface area contributed by atoms with Gasteiger partial charge in [-0.05, 0) is 56.1 Å². The molecule has 3 N–H and O–H groups in total. The van der Waals surface area contributed by atoms with Gasteiger partial charge in [0.25, 0.3) is 12.3 Å². The minimum Gasteiger partial charge on any atom is -0.444 e. The van der Waals surface area contributed by atoms with Crippen LogP contribution in [0.1, 0.15) is 68.9 Å². The summed E-state index contributed by atoms with van der Waals surface area (Å²) in [7, 11) is -3.94. The fraction of sp³-hybridized carbons (Fsp3) is 0.618. The maximum absolute atomic E-state index is 14.1. The van der Waals surface area contributed by atoms with Gasteiger partial charge in [-0.2, -0.15) is 0 Å². The van der Waals surface area contributed by atoms with E-state index in [1.807, 2.05) is 30.3 Å². The molecule has 6 rings (SSSR count). The molecule has 278 valence electrons. The van der Waals surface area contributed by atoms with Crippen LogP contribution in [0.2, 0.25) is 0 Å². The third-order valence-electron chi connectivity index (χ3n) is 10.1. The van der Waals surface area contributed by atoms with Crippen molar-refractivity contribution in [1.29, 1.82) is 0 Å². The molecule has 17 heteroatoms. The van der Waals surface area contributed by atoms with Crippen LogP contribution in [0.25, 0.3) is 0 Å². The largest absolute Gasteiger partial charge is 0.444 e. The van der Waals surface area contributed by atoms with Crippen molar-refractivity contribution in [3.05, 3.63) is 47.5 Å². The van der Waals surface area contributed by atoms with Crippen LogP contribution in [0.5, 0.6) is 0 Å². The van der Waals surface area contributed by atoms with Gasteiger partial charge in [-0.25, -0.2) is 26.8 Å². The van der Waals surface area contributed by atoms with Crippen molar-refractivity contribution < 1.29 is 50.6 Å². The number of carbonyl (C=O) groups is 5. The normalized spacial score (nSPS) is 28.3. The Morgan fingerprint density at radius 1 is 1.06 bits per heavy atom. The molecule has 0 spiro atoms. The second-order valence-corrected chi connectivity index (χ2v) is 15.8. The summed E-state index contributed by atoms with van der Waals surface area (Å²) >= 11 is 0. The molecule has 5 atom stereocenters. The van der Waals surface area contributed by atoms with Gasteiger partial charge >= 0.3 is 12.2 Å². The average molecular weight is 736 g/mol. The van der Waals surface area contributed by atoms with Crippen LogP contribution in [0.4, 0.5) is 18.4 Å². The van der Waals surface area contributed by atoms with E-state index in [0.717, 1.165) is 16.0 Å². The van der Waals surface area contributed by atoms with E-state index in [1.165, 1.54) is 4.90 Å². The zero-order valence-electron chi connectivity index (χ0n) is 28.1. The van der Waals surface area contributed by atoms with Crippen molar-refractivity contribution in [3.8, 4) is 0 Å². The summed E-state index contributed by atoms with van der Waals surface area (Å²) in [5, 5.41) is 4.43. The number of nitrogens with one attached hydrogen (secondary N) is 3. The molecule has 51 heavy (non-hydrogen) atoms. The number of hydrogen-bond acceptors (Lipinski definition) is 9. The SMILES string of the molecule is O=C(N[C@H]1CCCCCC=C[C@H]2C[C@@]2(C(=O)NS(=O)(=O)C2CC2)NC(=O)[C@@H]2C[C@@H](OC(=O)N3CCc4ccccc4C3)CN2C1=O)OCC(F)F. The van der Waals surface area contributed by atoms with Crippen LogP contribution in [0.15, 0.2) is 36.4 Å². The predicted octanol–water partition coefficient (Wildman–Crippen LogP) is 2.51. The van der Waals surface area contributed by atoms with Gasteiger partial charge in [-0.15, -0.1) is 0 Å². The van der Waals surface area contributed by atoms with Gasteiger partial charge in [0.1, 0.15) is 23.7 Å². The van der Waals surface area contributed by atoms with E-state index in [1.54, 1.807) is 6.08 Å². The third-order valence-corrected chi connectivity index (χ3v) is 12.0. The number of alkyl carbamates (subject to hydrolysis) is 1. The van der Waals surface area contributed by atoms with Crippen molar-refractivity contribution in [2.24, 2.45) is 5.92 Å². The number of alkyl halides is 2. The highest BCUT2D eigenvalue weighted by atomic mass is 32.2. The van der Waals surface area contributed by atoms with E-state index < -0.39 is 87.9 Å². The summed E-state index contributed by atoms with van der Waals surface area (Å²) in [6.45, 7) is -0.681. The minimum absolute atomic E-state index is 0.114. The lowest BCUT2D eigenvalue weighted by atomic mass is 10.0. The quantitative estimate of drug-likeness (QED) is 0.355. The summed E-state index contributed by atoms with van der Waals surface area (Å²) in [6, 6.07) is 5.18. The Morgan fingerprint density at radius 3 is 2.57 bits per heavy atom. The molecule has 5 aliphatic rings. The Balaban J connectivity index is 1.24. The number of benzene rings is 1. The fourth-order valence-corrected chi connectivity index (χ4v) is 8.40. The average Bonchev–Trinajstić information content (AvgIpc) is 4.02. The van der Waals surface area contributed by atoms with Gasteiger partial charge in [0.15, 0.2) is 6.61 Å². The van der Waals surface area contributed by atoms with E-state index in [0.29, 0.717) is 58.0 Å². The van der Waals surface area contributed by atoms with Crippen molar-refractivity contribution in [2.45, 2.75) is 106 Å². The highest BCUT2D eigenvalue weighted by Gasteiger charge is 2.62. The summed E-state index contributed by atoms with van der Waals surface area (Å²) in [5.74, 6) is -2.85. The number of sulfonamides is 1. The van der Waals surface area contributed by atoms with E-state index in [-0.39, 0.29) is 25.8 Å². The molecule has 3 heterocycles. The Morgan fingerprint density at radius 2 is 1.82 bits per heavy atom. The highest BCUT2D eigenvalue weighted by molar-refractivity contribution is 7.91. The molecule has 3 aliphatic heterocycles. The molecule has 1 aromatic rings. The molecule has 3 fully saturated rings. The standard InChI is InChI=1S/C34H43F2N5O9S/c35-28(36)20-49-32(45)37-26-11-5-3-1-2-4-10-23-17-34(23,31(44)39-51(47,48)25-12-13-25)38-29(42)27-16-24(19-41(27)30(26)43)50-33(46)40-15-14-21-8-6-7-9-22(21)18-40/h4,6-10,23-28H,1-3,5,11-20H2,(H,37,45)(H,38,42)(H,39,44)/t23-,24+,26-,27-,34+/m0/s1. The Kier molecular flexibility index (Phi) is 10.8. The molecule has 2 saturated carbocycles. The van der Waals surface area contributed by atoms with Crippen LogP contribution in [0.3, 0.4) is 0 Å². The van der Waals surface area contributed by atoms with Gasteiger partial charge in [-0.3, -0.25) is 19.1 Å². The van der Waals surface area contributed by atoms with Gasteiger partial charge < -0.3 is 29.9 Å². The Bertz CT molecular complexity index is 1670. The number of halogens is 2. The molecule has 1 aromatic carbocycles. The number of hydrogen-bond donors (Lipinski definition) is 3. The zero-order chi connectivity index (χ0) is 36.3. The van der Waals surface area contributed by atoms with E-state index in [9.17, 15) is 41.2 Å². The van der Waals surface area contributed by atoms with Crippen molar-refractivity contribution in [1.82, 2.24) is 25.2 Å². The van der Waals surface area contributed by atoms with Crippen LogP contribution in [-0.2, 0) is 46.8 Å². The number of nitrogens with zero attached hydrogens (tertiary/aromatic N) is 2. The third kappa shape index (κ3) is 8.61. The first kappa shape index (κ1) is 36.5.